The minimum absolute atomic E-state index is 0.283. The van der Waals surface area contributed by atoms with Crippen molar-refractivity contribution in [2.24, 2.45) is 0 Å². The predicted molar refractivity (Wildman–Crippen MR) is 115 cm³/mol. The van der Waals surface area contributed by atoms with Crippen LogP contribution in [-0.4, -0.2) is 71.8 Å². The average Bonchev–Trinajstić information content (AvgIpc) is 3.44. The Morgan fingerprint density at radius 3 is 2.72 bits per heavy atom. The van der Waals surface area contributed by atoms with Gasteiger partial charge < -0.3 is 39.4 Å². The van der Waals surface area contributed by atoms with E-state index in [0.29, 0.717) is 23.3 Å². The molecule has 0 aromatic carbocycles. The van der Waals surface area contributed by atoms with E-state index in [-0.39, 0.29) is 6.61 Å². The van der Waals surface area contributed by atoms with Crippen molar-refractivity contribution in [2.45, 2.75) is 63.2 Å². The summed E-state index contributed by atoms with van der Waals surface area (Å²) in [5, 5.41) is 25.2. The Labute approximate surface area is 184 Å². The fourth-order valence-corrected chi connectivity index (χ4v) is 4.51. The molecule has 5 N–H and O–H groups in total. The zero-order valence-corrected chi connectivity index (χ0v) is 18.5. The highest BCUT2D eigenvalue weighted by Gasteiger charge is 2.44. The Kier molecular flexibility index (Phi) is 6.83. The molecule has 2 aromatic rings. The van der Waals surface area contributed by atoms with E-state index in [9.17, 15) is 14.8 Å². The van der Waals surface area contributed by atoms with Crippen LogP contribution in [0.2, 0.25) is 0 Å². The lowest BCUT2D eigenvalue weighted by molar-refractivity contribution is -0.0610. The maximum atomic E-state index is 11.0. The van der Waals surface area contributed by atoms with Crippen LogP contribution >= 0.6 is 7.60 Å². The van der Waals surface area contributed by atoms with Crippen LogP contribution in [0, 0.1) is 11.8 Å². The number of nitrogens with one attached hydrogen (secondary N) is 1. The number of hydrogen-bond donors (Lipinski definition) is 5. The SMILES string of the molecule is CC#Cc1nc(NC2CCCC2)c2ccn([C@@H]3O[C@H](COCP(=O)(O)O)[C@@H](O)[C@H]3O)c2n1. The highest BCUT2D eigenvalue weighted by molar-refractivity contribution is 7.51. The second-order valence-corrected chi connectivity index (χ2v) is 9.66. The number of nitrogens with zero attached hydrogens (tertiary/aromatic N) is 3. The lowest BCUT2D eigenvalue weighted by Crippen LogP contribution is -2.33. The van der Waals surface area contributed by atoms with Crippen LogP contribution in [0.4, 0.5) is 5.82 Å². The fourth-order valence-electron chi connectivity index (χ4n) is 4.16. The normalized spacial score (nSPS) is 26.4. The first-order valence-electron chi connectivity index (χ1n) is 10.5. The van der Waals surface area contributed by atoms with E-state index in [1.807, 2.05) is 6.07 Å². The van der Waals surface area contributed by atoms with Crippen LogP contribution in [0.25, 0.3) is 11.0 Å². The number of aromatic nitrogens is 3. The molecule has 1 saturated carbocycles. The van der Waals surface area contributed by atoms with E-state index in [0.717, 1.165) is 18.2 Å². The topological polar surface area (TPSA) is 159 Å². The van der Waals surface area contributed by atoms with Crippen molar-refractivity contribution in [3.05, 3.63) is 18.1 Å². The number of anilines is 1. The van der Waals surface area contributed by atoms with Gasteiger partial charge in [-0.05, 0) is 31.8 Å². The van der Waals surface area contributed by atoms with E-state index < -0.39 is 38.5 Å². The summed E-state index contributed by atoms with van der Waals surface area (Å²) >= 11 is 0. The van der Waals surface area contributed by atoms with Gasteiger partial charge in [-0.2, -0.15) is 0 Å². The maximum absolute atomic E-state index is 11.0. The number of hydrogen-bond acceptors (Lipinski definition) is 8. The van der Waals surface area contributed by atoms with Gasteiger partial charge in [0, 0.05) is 12.2 Å². The summed E-state index contributed by atoms with van der Waals surface area (Å²) in [6.07, 6.45) is 0.826. The lowest BCUT2D eigenvalue weighted by Gasteiger charge is -2.18. The van der Waals surface area contributed by atoms with Crippen LogP contribution < -0.4 is 5.32 Å². The van der Waals surface area contributed by atoms with Crippen LogP contribution in [-0.2, 0) is 14.0 Å². The first kappa shape index (κ1) is 23.1. The van der Waals surface area contributed by atoms with Gasteiger partial charge in [-0.3, -0.25) is 4.57 Å². The van der Waals surface area contributed by atoms with Gasteiger partial charge in [-0.1, -0.05) is 18.8 Å². The van der Waals surface area contributed by atoms with Crippen LogP contribution in [0.3, 0.4) is 0 Å². The highest BCUT2D eigenvalue weighted by Crippen LogP contribution is 2.36. The first-order chi connectivity index (χ1) is 15.3. The van der Waals surface area contributed by atoms with Gasteiger partial charge >= 0.3 is 7.60 Å². The van der Waals surface area contributed by atoms with Gasteiger partial charge in [0.15, 0.2) is 6.23 Å². The molecule has 2 aromatic heterocycles. The lowest BCUT2D eigenvalue weighted by atomic mass is 10.1. The molecule has 11 nitrogen and oxygen atoms in total. The number of fused-ring (bicyclic) bond motifs is 1. The van der Waals surface area contributed by atoms with E-state index >= 15 is 0 Å². The predicted octanol–water partition coefficient (Wildman–Crippen LogP) is 0.928. The molecule has 0 radical (unpaired) electrons. The Hall–Kier alpha value is -2.03. The van der Waals surface area contributed by atoms with E-state index in [4.69, 9.17) is 19.3 Å². The largest absolute Gasteiger partial charge is 0.387 e. The first-order valence-corrected chi connectivity index (χ1v) is 12.3. The van der Waals surface area contributed by atoms with Crippen molar-refractivity contribution in [1.29, 1.82) is 0 Å². The molecule has 1 aliphatic heterocycles. The van der Waals surface area contributed by atoms with Gasteiger partial charge in [-0.25, -0.2) is 9.97 Å². The molecule has 32 heavy (non-hydrogen) atoms. The summed E-state index contributed by atoms with van der Waals surface area (Å²) in [6.45, 7) is 1.41. The number of ether oxygens (including phenoxy) is 2. The number of rotatable bonds is 7. The Balaban J connectivity index is 1.61. The molecule has 3 heterocycles. The summed E-state index contributed by atoms with van der Waals surface area (Å²) < 4.78 is 23.3. The molecule has 12 heteroatoms. The van der Waals surface area contributed by atoms with Gasteiger partial charge in [0.1, 0.15) is 36.1 Å². The third kappa shape index (κ3) is 4.97. The maximum Gasteiger partial charge on any atom is 0.350 e. The van der Waals surface area contributed by atoms with Crippen molar-refractivity contribution < 1.29 is 34.0 Å². The summed E-state index contributed by atoms with van der Waals surface area (Å²) in [6, 6.07) is 2.14. The summed E-state index contributed by atoms with van der Waals surface area (Å²) in [7, 11) is -4.35. The molecule has 4 atom stereocenters. The smallest absolute Gasteiger partial charge is 0.350 e. The van der Waals surface area contributed by atoms with Gasteiger partial charge in [0.25, 0.3) is 0 Å². The van der Waals surface area contributed by atoms with Crippen LogP contribution in [0.1, 0.15) is 44.7 Å². The minimum Gasteiger partial charge on any atom is -0.387 e. The fraction of sp³-hybridized carbons (Fsp3) is 0.600. The van der Waals surface area contributed by atoms with Crippen molar-refractivity contribution in [3.8, 4) is 11.8 Å². The Morgan fingerprint density at radius 1 is 1.28 bits per heavy atom. The number of aliphatic hydroxyl groups excluding tert-OH is 2. The molecule has 4 rings (SSSR count). The van der Waals surface area contributed by atoms with Crippen molar-refractivity contribution in [1.82, 2.24) is 14.5 Å². The molecule has 0 amide bonds. The third-order valence-electron chi connectivity index (χ3n) is 5.66. The Bertz CT molecular complexity index is 1070. The number of aliphatic hydroxyl groups is 2. The van der Waals surface area contributed by atoms with Crippen molar-refractivity contribution >= 4 is 24.4 Å². The summed E-state index contributed by atoms with van der Waals surface area (Å²) in [5.41, 5.74) is 0.492. The van der Waals surface area contributed by atoms with Crippen molar-refractivity contribution in [3.63, 3.8) is 0 Å². The zero-order valence-electron chi connectivity index (χ0n) is 17.6. The quantitative estimate of drug-likeness (QED) is 0.293. The summed E-state index contributed by atoms with van der Waals surface area (Å²) in [4.78, 5) is 26.9. The zero-order chi connectivity index (χ0) is 22.9. The molecule has 0 unspecified atom stereocenters. The van der Waals surface area contributed by atoms with Gasteiger partial charge in [0.2, 0.25) is 5.82 Å². The molecule has 2 aliphatic rings. The second kappa shape index (κ2) is 9.45. The second-order valence-electron chi connectivity index (χ2n) is 8.07. The van der Waals surface area contributed by atoms with E-state index in [1.165, 1.54) is 12.8 Å². The monoisotopic (exact) mass is 466 g/mol. The molecule has 1 aliphatic carbocycles. The molecular formula is C20H27N4O7P. The molecule has 2 fully saturated rings. The highest BCUT2D eigenvalue weighted by atomic mass is 31.2. The molecule has 174 valence electrons. The summed E-state index contributed by atoms with van der Waals surface area (Å²) in [5.74, 6) is 6.66. The molecular weight excluding hydrogens is 439 g/mol. The third-order valence-corrected chi connectivity index (χ3v) is 6.18. The standard InChI is InChI=1S/C20H27N4O7P/c1-2-5-15-22-18(21-12-6-3-4-7-12)13-8-9-24(19(13)23-15)20-17(26)16(25)14(31-20)10-30-11-32(27,28)29/h8-9,12,14,16-17,20,25-26H,3-4,6-7,10-11H2,1H3,(H,21,22,23)(H2,27,28,29)/t14-,16-,17-,20-/m1/s1. The van der Waals surface area contributed by atoms with Gasteiger partial charge in [0.05, 0.1) is 12.0 Å². The van der Waals surface area contributed by atoms with Crippen LogP contribution in [0.15, 0.2) is 12.3 Å². The molecule has 0 bridgehead atoms. The van der Waals surface area contributed by atoms with Crippen LogP contribution in [0.5, 0.6) is 0 Å². The van der Waals surface area contributed by atoms with Crippen molar-refractivity contribution in [2.75, 3.05) is 18.3 Å². The average molecular weight is 466 g/mol. The minimum atomic E-state index is -4.35. The Morgan fingerprint density at radius 2 is 2.03 bits per heavy atom. The van der Waals surface area contributed by atoms with E-state index in [1.54, 1.807) is 17.7 Å². The van der Waals surface area contributed by atoms with Gasteiger partial charge in [-0.15, -0.1) is 0 Å². The van der Waals surface area contributed by atoms with E-state index in [2.05, 4.69) is 27.1 Å². The molecule has 0 spiro atoms. The molecule has 1 saturated heterocycles.